The van der Waals surface area contributed by atoms with Gasteiger partial charge in [-0.1, -0.05) is 0 Å². The summed E-state index contributed by atoms with van der Waals surface area (Å²) in [5, 5.41) is 5.15. The lowest BCUT2D eigenvalue weighted by Crippen LogP contribution is -2.16. The number of benzene rings is 1. The largest absolute Gasteiger partial charge is 0.493 e. The Labute approximate surface area is 171 Å². The number of thiazole rings is 1. The molecule has 1 N–H and O–H groups in total. The van der Waals surface area contributed by atoms with Crippen LogP contribution in [0.15, 0.2) is 35.7 Å². The second kappa shape index (κ2) is 8.00. The predicted molar refractivity (Wildman–Crippen MR) is 110 cm³/mol. The van der Waals surface area contributed by atoms with E-state index < -0.39 is 5.97 Å². The highest BCUT2D eigenvalue weighted by molar-refractivity contribution is 7.14. The molecular weight excluding hydrogens is 390 g/mol. The molecule has 7 nitrogen and oxygen atoms in total. The number of anilines is 1. The third-order valence-corrected chi connectivity index (χ3v) is 5.28. The molecule has 0 spiro atoms. The zero-order valence-corrected chi connectivity index (χ0v) is 16.8. The Hall–Kier alpha value is -3.26. The lowest BCUT2D eigenvalue weighted by Gasteiger charge is -2.07. The number of aromatic nitrogens is 2. The van der Waals surface area contributed by atoms with Crippen molar-refractivity contribution in [2.75, 3.05) is 18.5 Å². The van der Waals surface area contributed by atoms with E-state index in [1.54, 1.807) is 19.9 Å². The maximum Gasteiger partial charge on any atom is 0.339 e. The number of rotatable bonds is 5. The number of esters is 1. The van der Waals surface area contributed by atoms with Gasteiger partial charge in [-0.2, -0.15) is 0 Å². The Morgan fingerprint density at radius 1 is 1.24 bits per heavy atom. The second-order valence-electron chi connectivity index (χ2n) is 6.46. The van der Waals surface area contributed by atoms with E-state index in [0.29, 0.717) is 23.0 Å². The quantitative estimate of drug-likeness (QED) is 0.643. The van der Waals surface area contributed by atoms with Crippen LogP contribution in [0.4, 0.5) is 5.13 Å². The maximum absolute atomic E-state index is 12.5. The number of fused-ring (bicyclic) bond motifs is 1. The Bertz CT molecular complexity index is 1090. The van der Waals surface area contributed by atoms with Crippen molar-refractivity contribution < 1.29 is 19.1 Å². The van der Waals surface area contributed by atoms with E-state index in [-0.39, 0.29) is 18.2 Å². The van der Waals surface area contributed by atoms with Crippen LogP contribution in [0.25, 0.3) is 11.3 Å². The maximum atomic E-state index is 12.5. The molecular formula is C21H19N3O4S. The van der Waals surface area contributed by atoms with Crippen molar-refractivity contribution in [3.05, 3.63) is 58.2 Å². The molecule has 3 aromatic rings. The number of ether oxygens (including phenoxy) is 2. The van der Waals surface area contributed by atoms with Crippen LogP contribution in [0.2, 0.25) is 0 Å². The minimum absolute atomic E-state index is 0.210. The third-order valence-electron chi connectivity index (χ3n) is 4.52. The monoisotopic (exact) mass is 409 g/mol. The van der Waals surface area contributed by atoms with Crippen LogP contribution in [0, 0.1) is 6.92 Å². The summed E-state index contributed by atoms with van der Waals surface area (Å²) in [6, 6.07) is 9.04. The molecule has 0 aliphatic carbocycles. The molecule has 8 heteroatoms. The number of nitrogens with zero attached hydrogens (tertiary/aromatic N) is 2. The van der Waals surface area contributed by atoms with Gasteiger partial charge < -0.3 is 9.47 Å². The molecule has 0 saturated heterocycles. The molecule has 0 atom stereocenters. The van der Waals surface area contributed by atoms with Crippen LogP contribution >= 0.6 is 11.3 Å². The van der Waals surface area contributed by atoms with E-state index in [0.717, 1.165) is 23.4 Å². The minimum atomic E-state index is -0.450. The number of aryl methyl sites for hydroxylation is 1. The van der Waals surface area contributed by atoms with E-state index >= 15 is 0 Å². The molecule has 0 fully saturated rings. The van der Waals surface area contributed by atoms with Crippen molar-refractivity contribution in [3.8, 4) is 17.0 Å². The Kier molecular flexibility index (Phi) is 5.26. The Morgan fingerprint density at radius 3 is 2.90 bits per heavy atom. The van der Waals surface area contributed by atoms with Crippen molar-refractivity contribution >= 4 is 28.3 Å². The third kappa shape index (κ3) is 3.97. The van der Waals surface area contributed by atoms with Crippen molar-refractivity contribution in [2.45, 2.75) is 20.3 Å². The summed E-state index contributed by atoms with van der Waals surface area (Å²) >= 11 is 1.34. The van der Waals surface area contributed by atoms with E-state index in [4.69, 9.17) is 9.47 Å². The molecule has 1 amide bonds. The Morgan fingerprint density at radius 2 is 2.10 bits per heavy atom. The first kappa shape index (κ1) is 19.1. The summed E-state index contributed by atoms with van der Waals surface area (Å²) < 4.78 is 10.5. The molecule has 0 saturated carbocycles. The number of pyridine rings is 1. The highest BCUT2D eigenvalue weighted by Gasteiger charge is 2.17. The first-order valence-corrected chi connectivity index (χ1v) is 10.1. The van der Waals surface area contributed by atoms with Gasteiger partial charge in [-0.15, -0.1) is 11.3 Å². The molecule has 0 bridgehead atoms. The van der Waals surface area contributed by atoms with Crippen LogP contribution in [0.5, 0.6) is 5.75 Å². The first-order chi connectivity index (χ1) is 14.0. The van der Waals surface area contributed by atoms with Crippen molar-refractivity contribution in [1.29, 1.82) is 0 Å². The van der Waals surface area contributed by atoms with Gasteiger partial charge in [0.05, 0.1) is 30.2 Å². The number of nitrogens with one attached hydrogen (secondary N) is 1. The number of hydrogen-bond acceptors (Lipinski definition) is 7. The fourth-order valence-corrected chi connectivity index (χ4v) is 3.80. The van der Waals surface area contributed by atoms with Crippen molar-refractivity contribution in [3.63, 3.8) is 0 Å². The molecule has 3 heterocycles. The normalized spacial score (nSPS) is 12.2. The average Bonchev–Trinajstić information content (AvgIpc) is 3.36. The molecule has 1 aromatic carbocycles. The lowest BCUT2D eigenvalue weighted by atomic mass is 10.1. The molecule has 148 valence electrons. The van der Waals surface area contributed by atoms with Gasteiger partial charge in [0.1, 0.15) is 11.4 Å². The first-order valence-electron chi connectivity index (χ1n) is 9.23. The zero-order chi connectivity index (χ0) is 20.4. The fourth-order valence-electron chi connectivity index (χ4n) is 3.08. The second-order valence-corrected chi connectivity index (χ2v) is 7.32. The number of carbonyl (C=O) groups is 2. The van der Waals surface area contributed by atoms with Gasteiger partial charge in [-0.05, 0) is 49.7 Å². The Balaban J connectivity index is 1.48. The van der Waals surface area contributed by atoms with Crippen LogP contribution in [-0.2, 0) is 11.2 Å². The van der Waals surface area contributed by atoms with E-state index in [9.17, 15) is 9.59 Å². The SMILES string of the molecule is CCOC(=O)c1ccc(C(=O)Nc2nc(-c3ccc4c(c3)CCO4)cs2)nc1C. The molecule has 1 aliphatic heterocycles. The van der Waals surface area contributed by atoms with Gasteiger partial charge in [0.15, 0.2) is 5.13 Å². The highest BCUT2D eigenvalue weighted by Crippen LogP contribution is 2.32. The summed E-state index contributed by atoms with van der Waals surface area (Å²) in [7, 11) is 0. The molecule has 2 aromatic heterocycles. The van der Waals surface area contributed by atoms with Gasteiger partial charge in [-0.3, -0.25) is 10.1 Å². The predicted octanol–water partition coefficient (Wildman–Crippen LogP) is 3.88. The van der Waals surface area contributed by atoms with Gasteiger partial charge >= 0.3 is 5.97 Å². The summed E-state index contributed by atoms with van der Waals surface area (Å²) in [5.74, 6) is 0.0887. The molecule has 0 radical (unpaired) electrons. The van der Waals surface area contributed by atoms with E-state index in [1.807, 2.05) is 17.5 Å². The van der Waals surface area contributed by atoms with Gasteiger partial charge in [-0.25, -0.2) is 14.8 Å². The molecule has 29 heavy (non-hydrogen) atoms. The minimum Gasteiger partial charge on any atom is -0.493 e. The summed E-state index contributed by atoms with van der Waals surface area (Å²) in [5.41, 5.74) is 3.95. The topological polar surface area (TPSA) is 90.4 Å². The standard InChI is InChI=1S/C21H19N3O4S/c1-3-27-20(26)15-5-6-16(22-12(15)2)19(25)24-21-23-17(11-29-21)13-4-7-18-14(10-13)8-9-28-18/h4-7,10-11H,3,8-9H2,1-2H3,(H,23,24,25). The van der Waals surface area contributed by atoms with Crippen molar-refractivity contribution in [2.24, 2.45) is 0 Å². The molecule has 4 rings (SSSR count). The van der Waals surface area contributed by atoms with E-state index in [2.05, 4.69) is 21.4 Å². The summed E-state index contributed by atoms with van der Waals surface area (Å²) in [6.45, 7) is 4.39. The average molecular weight is 409 g/mol. The van der Waals surface area contributed by atoms with E-state index in [1.165, 1.54) is 23.0 Å². The lowest BCUT2D eigenvalue weighted by molar-refractivity contribution is 0.0524. The van der Waals surface area contributed by atoms with Gasteiger partial charge in [0.25, 0.3) is 5.91 Å². The molecule has 0 unspecified atom stereocenters. The van der Waals surface area contributed by atoms with Gasteiger partial charge in [0, 0.05) is 17.4 Å². The highest BCUT2D eigenvalue weighted by atomic mass is 32.1. The van der Waals surface area contributed by atoms with Gasteiger partial charge in [0.2, 0.25) is 0 Å². The number of hydrogen-bond donors (Lipinski definition) is 1. The number of amides is 1. The fraction of sp³-hybridized carbons (Fsp3) is 0.238. The zero-order valence-electron chi connectivity index (χ0n) is 16.0. The van der Waals surface area contributed by atoms with Crippen molar-refractivity contribution in [1.82, 2.24) is 9.97 Å². The van der Waals surface area contributed by atoms with Crippen LogP contribution in [0.3, 0.4) is 0 Å². The van der Waals surface area contributed by atoms with Crippen LogP contribution in [-0.4, -0.2) is 35.1 Å². The summed E-state index contributed by atoms with van der Waals surface area (Å²) in [6.07, 6.45) is 0.893. The smallest absolute Gasteiger partial charge is 0.339 e. The number of carbonyl (C=O) groups excluding carboxylic acids is 2. The summed E-state index contributed by atoms with van der Waals surface area (Å²) in [4.78, 5) is 33.1. The van der Waals surface area contributed by atoms with Crippen LogP contribution < -0.4 is 10.1 Å². The molecule has 1 aliphatic rings. The van der Waals surface area contributed by atoms with Crippen LogP contribution in [0.1, 0.15) is 39.0 Å².